The first kappa shape index (κ1) is 69.0. The van der Waals surface area contributed by atoms with Gasteiger partial charge in [0.1, 0.15) is 12.6 Å². The Bertz CT molecular complexity index is 3260. The highest BCUT2D eigenvalue weighted by atomic mass is 16.4. The Kier molecular flexibility index (Phi) is 23.1. The van der Waals surface area contributed by atoms with Crippen LogP contribution in [0.4, 0.5) is 0 Å². The lowest BCUT2D eigenvalue weighted by Crippen LogP contribution is -2.50. The minimum Gasteiger partial charge on any atom is -0.481 e. The standard InChI is InChI=1S/C64H70N6O20/c1-31(2)44(63(87)88)27-49(74)46(28-52(78)79)67-57(81)37(22-35-13-9-7-10-14-35)24-47(72)34(6)65-50(75)30-70-61(85)42-19-17-40-53-41(18-20-43(54(42)53)62(70)86)60(84)69(59(40)83)29-39(71)21-33(5)56(80)66-45(23-36-15-11-8-12-16-36)48(73)25-38(26-51(76)77)58(82)68-55(32(3)4)64(89)90/h7-20,31-34,37-38,44-46,55H,21-30H2,1-6H3,(H,65,75)(H,66,80)(H,67,81)(H,68,82)(H,76,77)(H,78,79)(H,87,88)(H,89,90)/t33-,34+,37-,38+,44+,45+,46+,55?/m1/s1. The minimum absolute atomic E-state index is 0.0898. The van der Waals surface area contributed by atoms with Crippen molar-refractivity contribution >= 4 is 105 Å². The molecule has 8 N–H and O–H groups in total. The number of Topliss-reactive ketones (excluding diaryl/α,β-unsaturated/α-hetero) is 4. The molecule has 0 saturated carbocycles. The summed E-state index contributed by atoms with van der Waals surface area (Å²) >= 11 is 0. The van der Waals surface area contributed by atoms with Gasteiger partial charge in [-0.2, -0.15) is 0 Å². The zero-order valence-electron chi connectivity index (χ0n) is 50.1. The average Bonchev–Trinajstić information content (AvgIpc) is 0.715. The van der Waals surface area contributed by atoms with E-state index in [0.29, 0.717) is 20.9 Å². The largest absolute Gasteiger partial charge is 0.481 e. The zero-order chi connectivity index (χ0) is 66.6. The van der Waals surface area contributed by atoms with Crippen LogP contribution in [0, 0.1) is 35.5 Å². The predicted molar refractivity (Wildman–Crippen MR) is 316 cm³/mol. The topological polar surface area (TPSA) is 409 Å². The molecule has 0 saturated heterocycles. The molecule has 0 fully saturated rings. The maximum atomic E-state index is 14.1. The number of nitrogens with zero attached hydrogens (tertiary/aromatic N) is 2. The molecule has 2 aliphatic rings. The molecule has 90 heavy (non-hydrogen) atoms. The van der Waals surface area contributed by atoms with E-state index < -0.39 is 206 Å². The van der Waals surface area contributed by atoms with Crippen molar-refractivity contribution in [3.63, 3.8) is 0 Å². The third-order valence-corrected chi connectivity index (χ3v) is 15.8. The number of ketones is 4. The van der Waals surface area contributed by atoms with Crippen LogP contribution >= 0.6 is 0 Å². The van der Waals surface area contributed by atoms with E-state index in [1.165, 1.54) is 52.0 Å². The first-order valence-electron chi connectivity index (χ1n) is 29.0. The van der Waals surface area contributed by atoms with Gasteiger partial charge in [0, 0.05) is 70.5 Å². The summed E-state index contributed by atoms with van der Waals surface area (Å²) in [7, 11) is 0. The second kappa shape index (κ2) is 30.2. The lowest BCUT2D eigenvalue weighted by atomic mass is 9.85. The van der Waals surface area contributed by atoms with E-state index >= 15 is 0 Å². The van der Waals surface area contributed by atoms with Gasteiger partial charge < -0.3 is 41.7 Å². The molecule has 6 rings (SSSR count). The average molecular weight is 1240 g/mol. The number of rotatable bonds is 34. The lowest BCUT2D eigenvalue weighted by molar-refractivity contribution is -0.146. The highest BCUT2D eigenvalue weighted by Gasteiger charge is 2.42. The van der Waals surface area contributed by atoms with E-state index in [2.05, 4.69) is 21.3 Å². The van der Waals surface area contributed by atoms with E-state index in [0.717, 1.165) is 0 Å². The second-order valence-corrected chi connectivity index (χ2v) is 23.3. The molecular formula is C64H70N6O20. The monoisotopic (exact) mass is 1240 g/mol. The fourth-order valence-corrected chi connectivity index (χ4v) is 10.7. The van der Waals surface area contributed by atoms with Crippen molar-refractivity contribution in [1.82, 2.24) is 31.1 Å². The number of carbonyl (C=O) groups excluding carboxylic acids is 12. The second-order valence-electron chi connectivity index (χ2n) is 23.3. The lowest BCUT2D eigenvalue weighted by Gasteiger charge is -2.31. The zero-order valence-corrected chi connectivity index (χ0v) is 50.1. The van der Waals surface area contributed by atoms with Crippen molar-refractivity contribution in [3.8, 4) is 0 Å². The number of carboxylic acids is 4. The molecule has 0 radical (unpaired) electrons. The Labute approximate surface area is 515 Å². The van der Waals surface area contributed by atoms with Crippen LogP contribution in [0.25, 0.3) is 10.8 Å². The van der Waals surface area contributed by atoms with E-state index in [9.17, 15) is 97.1 Å². The maximum Gasteiger partial charge on any atom is 0.326 e. The van der Waals surface area contributed by atoms with Crippen LogP contribution in [0.1, 0.15) is 133 Å². The molecule has 26 heteroatoms. The number of benzene rings is 4. The van der Waals surface area contributed by atoms with E-state index in [-0.39, 0.29) is 45.9 Å². The number of hydrogen-bond donors (Lipinski definition) is 8. The maximum absolute atomic E-state index is 14.1. The van der Waals surface area contributed by atoms with Crippen LogP contribution < -0.4 is 21.3 Å². The predicted octanol–water partition coefficient (Wildman–Crippen LogP) is 3.23. The number of imide groups is 2. The van der Waals surface area contributed by atoms with Crippen molar-refractivity contribution < 1.29 is 97.1 Å². The van der Waals surface area contributed by atoms with Crippen molar-refractivity contribution in [2.45, 2.75) is 117 Å². The number of carbonyl (C=O) groups is 16. The molecule has 8 atom stereocenters. The first-order valence-corrected chi connectivity index (χ1v) is 29.0. The quantitative estimate of drug-likeness (QED) is 0.0311. The SMILES string of the molecule is CC(C)C(NC(=O)[C@H](CC(=O)O)CC(=O)[C@H](Cc1ccccc1)NC(=O)[C@H](C)CC(=O)CN1C(=O)c2ccc3c4c(ccc(c24)C1=O)C(=O)N(CC(=O)N[C@@H](C)C(=O)C[C@@H](Cc1ccccc1)C(=O)N[C@@H](CC(=O)O)C(=O)C[C@H](C(=O)O)C(C)C)C3=O)C(=O)O. The Morgan fingerprint density at radius 3 is 1.32 bits per heavy atom. The molecule has 0 aromatic heterocycles. The molecule has 2 heterocycles. The molecule has 4 aromatic carbocycles. The van der Waals surface area contributed by atoms with E-state index in [4.69, 9.17) is 0 Å². The fourth-order valence-electron chi connectivity index (χ4n) is 10.7. The van der Waals surface area contributed by atoms with Crippen LogP contribution in [0.3, 0.4) is 0 Å². The molecule has 0 spiro atoms. The fraction of sp³-hybridized carbons (Fsp3) is 0.406. The van der Waals surface area contributed by atoms with Gasteiger partial charge in [-0.25, -0.2) is 4.79 Å². The summed E-state index contributed by atoms with van der Waals surface area (Å²) in [6, 6.07) is 15.7. The molecule has 26 nitrogen and oxygen atoms in total. The molecule has 0 aliphatic carbocycles. The smallest absolute Gasteiger partial charge is 0.326 e. The molecule has 8 amide bonds. The minimum atomic E-state index is -1.65. The Morgan fingerprint density at radius 1 is 0.422 bits per heavy atom. The summed E-state index contributed by atoms with van der Waals surface area (Å²) < 4.78 is 0. The van der Waals surface area contributed by atoms with Crippen molar-refractivity contribution in [3.05, 3.63) is 118 Å². The van der Waals surface area contributed by atoms with Gasteiger partial charge in [-0.15, -0.1) is 0 Å². The highest BCUT2D eigenvalue weighted by molar-refractivity contribution is 6.34. The number of carboxylic acid groups (broad SMARTS) is 4. The van der Waals surface area contributed by atoms with Crippen molar-refractivity contribution in [2.75, 3.05) is 13.1 Å². The summed E-state index contributed by atoms with van der Waals surface area (Å²) in [5.74, 6) is -22.8. The van der Waals surface area contributed by atoms with Crippen LogP contribution in [0.2, 0.25) is 0 Å². The number of aliphatic carboxylic acids is 4. The van der Waals surface area contributed by atoms with Gasteiger partial charge in [-0.1, -0.05) is 95.3 Å². The summed E-state index contributed by atoms with van der Waals surface area (Å²) in [4.78, 5) is 214. The first-order chi connectivity index (χ1) is 42.4. The summed E-state index contributed by atoms with van der Waals surface area (Å²) in [6.07, 6.45) is -4.39. The third kappa shape index (κ3) is 17.1. The Morgan fingerprint density at radius 2 is 0.867 bits per heavy atom. The van der Waals surface area contributed by atoms with Crippen LogP contribution in [-0.4, -0.2) is 162 Å². The van der Waals surface area contributed by atoms with Crippen molar-refractivity contribution in [1.29, 1.82) is 0 Å². The Balaban J connectivity index is 1.11. The molecule has 2 aliphatic heterocycles. The highest BCUT2D eigenvalue weighted by Crippen LogP contribution is 2.38. The third-order valence-electron chi connectivity index (χ3n) is 15.8. The molecule has 0 bridgehead atoms. The number of hydrogen-bond acceptors (Lipinski definition) is 16. The van der Waals surface area contributed by atoms with Gasteiger partial charge in [-0.3, -0.25) is 81.7 Å². The van der Waals surface area contributed by atoms with Gasteiger partial charge >= 0.3 is 23.9 Å². The van der Waals surface area contributed by atoms with Gasteiger partial charge in [-0.05, 0) is 67.0 Å². The van der Waals surface area contributed by atoms with E-state index in [1.54, 1.807) is 74.5 Å². The van der Waals surface area contributed by atoms with Gasteiger partial charge in [0.15, 0.2) is 23.1 Å². The molecular weight excluding hydrogens is 1170 g/mol. The number of nitrogens with one attached hydrogen (secondary N) is 4. The summed E-state index contributed by atoms with van der Waals surface area (Å²) in [5.41, 5.74) is 0.398. The molecule has 1 unspecified atom stereocenters. The summed E-state index contributed by atoms with van der Waals surface area (Å²) in [5, 5.41) is 48.0. The van der Waals surface area contributed by atoms with Gasteiger partial charge in [0.05, 0.1) is 49.3 Å². The normalized spacial score (nSPS) is 15.4. The molecule has 476 valence electrons. The van der Waals surface area contributed by atoms with Crippen LogP contribution in [0.15, 0.2) is 84.9 Å². The van der Waals surface area contributed by atoms with Crippen molar-refractivity contribution in [2.24, 2.45) is 35.5 Å². The molecule has 4 aromatic rings. The van der Waals surface area contributed by atoms with Crippen LogP contribution in [0.5, 0.6) is 0 Å². The van der Waals surface area contributed by atoms with Gasteiger partial charge in [0.25, 0.3) is 23.6 Å². The van der Waals surface area contributed by atoms with Crippen LogP contribution in [-0.2, 0) is 70.4 Å². The van der Waals surface area contributed by atoms with E-state index in [1.807, 2.05) is 0 Å². The number of amides is 8. The van der Waals surface area contributed by atoms with Gasteiger partial charge in [0.2, 0.25) is 23.6 Å². The summed E-state index contributed by atoms with van der Waals surface area (Å²) in [6.45, 7) is 7.02. The Hall–Kier alpha value is -10.1.